The summed E-state index contributed by atoms with van der Waals surface area (Å²) in [6, 6.07) is 8.11. The third-order valence-electron chi connectivity index (χ3n) is 3.80. The van der Waals surface area contributed by atoms with Crippen LogP contribution in [0.15, 0.2) is 24.3 Å². The number of hydrogen-bond acceptors (Lipinski definition) is 4. The van der Waals surface area contributed by atoms with Gasteiger partial charge >= 0.3 is 0 Å². The molecule has 0 aliphatic carbocycles. The minimum Gasteiger partial charge on any atom is -0.370 e. The number of primary amides is 1. The summed E-state index contributed by atoms with van der Waals surface area (Å²) in [5.41, 5.74) is 6.28. The Kier molecular flexibility index (Phi) is 3.03. The Labute approximate surface area is 116 Å². The molecular formula is C14H17N3OS. The largest absolute Gasteiger partial charge is 0.370 e. The SMILES string of the molecule is CN1CCC(CC(N)=O)(c2nc3ccccc3s2)C1. The molecule has 1 aromatic heterocycles. The van der Waals surface area contributed by atoms with E-state index in [-0.39, 0.29) is 11.3 Å². The van der Waals surface area contributed by atoms with Gasteiger partial charge in [0.1, 0.15) is 5.01 Å². The summed E-state index contributed by atoms with van der Waals surface area (Å²) in [5.74, 6) is -0.241. The van der Waals surface area contributed by atoms with Crippen LogP contribution in [0.3, 0.4) is 0 Å². The van der Waals surface area contributed by atoms with E-state index in [4.69, 9.17) is 10.7 Å². The molecule has 100 valence electrons. The van der Waals surface area contributed by atoms with Gasteiger partial charge in [-0.05, 0) is 32.1 Å². The van der Waals surface area contributed by atoms with Gasteiger partial charge in [-0.3, -0.25) is 4.79 Å². The van der Waals surface area contributed by atoms with Gasteiger partial charge in [0.15, 0.2) is 0 Å². The van der Waals surface area contributed by atoms with Crippen molar-refractivity contribution in [2.75, 3.05) is 20.1 Å². The van der Waals surface area contributed by atoms with Gasteiger partial charge in [-0.1, -0.05) is 12.1 Å². The van der Waals surface area contributed by atoms with Gasteiger partial charge in [0, 0.05) is 18.4 Å². The number of nitrogens with zero attached hydrogens (tertiary/aromatic N) is 2. The standard InChI is InChI=1S/C14H17N3OS/c1-17-7-6-14(9-17,8-12(15)18)13-16-10-4-2-3-5-11(10)19-13/h2-5H,6-9H2,1H3,(H2,15,18). The monoisotopic (exact) mass is 275 g/mol. The second-order valence-corrected chi connectivity index (χ2v) is 6.43. The molecule has 1 unspecified atom stereocenters. The molecule has 0 radical (unpaired) electrons. The van der Waals surface area contributed by atoms with E-state index < -0.39 is 0 Å². The summed E-state index contributed by atoms with van der Waals surface area (Å²) in [7, 11) is 2.08. The van der Waals surface area contributed by atoms with Crippen LogP contribution in [0.5, 0.6) is 0 Å². The second kappa shape index (κ2) is 4.58. The fourth-order valence-corrected chi connectivity index (χ4v) is 4.08. The molecule has 2 N–H and O–H groups in total. The van der Waals surface area contributed by atoms with Crippen LogP contribution in [-0.2, 0) is 10.2 Å². The van der Waals surface area contributed by atoms with Crippen molar-refractivity contribution in [2.24, 2.45) is 5.73 Å². The lowest BCUT2D eigenvalue weighted by Gasteiger charge is -2.24. The van der Waals surface area contributed by atoms with Crippen LogP contribution in [0, 0.1) is 0 Å². The zero-order valence-electron chi connectivity index (χ0n) is 10.9. The third-order valence-corrected chi connectivity index (χ3v) is 5.09. The molecule has 0 spiro atoms. The maximum atomic E-state index is 11.4. The van der Waals surface area contributed by atoms with E-state index in [2.05, 4.69) is 18.0 Å². The molecule has 1 aliphatic heterocycles. The predicted octanol–water partition coefficient (Wildman–Crippen LogP) is 1.74. The van der Waals surface area contributed by atoms with Gasteiger partial charge in [0.05, 0.1) is 10.2 Å². The van der Waals surface area contributed by atoms with Crippen molar-refractivity contribution < 1.29 is 4.79 Å². The summed E-state index contributed by atoms with van der Waals surface area (Å²) in [6.45, 7) is 1.85. The Morgan fingerprint density at radius 1 is 1.53 bits per heavy atom. The number of rotatable bonds is 3. The van der Waals surface area contributed by atoms with Crippen LogP contribution in [-0.4, -0.2) is 35.9 Å². The minimum absolute atomic E-state index is 0.190. The Morgan fingerprint density at radius 3 is 2.95 bits per heavy atom. The van der Waals surface area contributed by atoms with E-state index in [9.17, 15) is 4.79 Å². The number of carbonyl (C=O) groups excluding carboxylic acids is 1. The highest BCUT2D eigenvalue weighted by Crippen LogP contribution is 2.40. The number of likely N-dealkylation sites (N-methyl/N-ethyl adjacent to an activating group) is 1. The van der Waals surface area contributed by atoms with E-state index in [0.717, 1.165) is 30.0 Å². The molecule has 1 amide bonds. The fourth-order valence-electron chi connectivity index (χ4n) is 2.91. The van der Waals surface area contributed by atoms with E-state index in [0.29, 0.717) is 6.42 Å². The lowest BCUT2D eigenvalue weighted by Crippen LogP contribution is -2.34. The summed E-state index contributed by atoms with van der Waals surface area (Å²) in [4.78, 5) is 18.4. The van der Waals surface area contributed by atoms with Crippen molar-refractivity contribution in [3.05, 3.63) is 29.3 Å². The smallest absolute Gasteiger partial charge is 0.218 e. The van der Waals surface area contributed by atoms with Gasteiger partial charge in [-0.25, -0.2) is 4.98 Å². The first kappa shape index (κ1) is 12.6. The second-order valence-electron chi connectivity index (χ2n) is 5.40. The molecule has 19 heavy (non-hydrogen) atoms. The van der Waals surface area contributed by atoms with Crippen LogP contribution in [0.1, 0.15) is 17.8 Å². The van der Waals surface area contributed by atoms with Crippen molar-refractivity contribution in [3.63, 3.8) is 0 Å². The molecule has 4 nitrogen and oxygen atoms in total. The highest BCUT2D eigenvalue weighted by Gasteiger charge is 2.42. The first-order chi connectivity index (χ1) is 9.09. The topological polar surface area (TPSA) is 59.2 Å². The zero-order valence-corrected chi connectivity index (χ0v) is 11.7. The van der Waals surface area contributed by atoms with E-state index in [1.165, 1.54) is 4.70 Å². The highest BCUT2D eigenvalue weighted by molar-refractivity contribution is 7.18. The quantitative estimate of drug-likeness (QED) is 0.928. The van der Waals surface area contributed by atoms with E-state index in [1.807, 2.05) is 18.2 Å². The van der Waals surface area contributed by atoms with Gasteiger partial charge < -0.3 is 10.6 Å². The average Bonchev–Trinajstić information content (AvgIpc) is 2.93. The Balaban J connectivity index is 2.06. The number of carbonyl (C=O) groups is 1. The summed E-state index contributed by atoms with van der Waals surface area (Å²) < 4.78 is 1.18. The van der Waals surface area contributed by atoms with Crippen LogP contribution in [0.25, 0.3) is 10.2 Å². The highest BCUT2D eigenvalue weighted by atomic mass is 32.1. The average molecular weight is 275 g/mol. The predicted molar refractivity (Wildman–Crippen MR) is 77.2 cm³/mol. The molecule has 0 saturated carbocycles. The Bertz CT molecular complexity index is 591. The van der Waals surface area contributed by atoms with Crippen molar-refractivity contribution >= 4 is 27.5 Å². The molecule has 1 saturated heterocycles. The molecule has 1 fully saturated rings. The molecule has 1 aliphatic rings. The number of amides is 1. The molecule has 1 atom stereocenters. The molecular weight excluding hydrogens is 258 g/mol. The number of fused-ring (bicyclic) bond motifs is 1. The summed E-state index contributed by atoms with van der Waals surface area (Å²) >= 11 is 1.69. The zero-order chi connectivity index (χ0) is 13.5. The molecule has 0 bridgehead atoms. The van der Waals surface area contributed by atoms with Crippen molar-refractivity contribution in [1.29, 1.82) is 0 Å². The number of aromatic nitrogens is 1. The number of para-hydroxylation sites is 1. The fraction of sp³-hybridized carbons (Fsp3) is 0.429. The van der Waals surface area contributed by atoms with Crippen LogP contribution in [0.4, 0.5) is 0 Å². The lowest BCUT2D eigenvalue weighted by molar-refractivity contribution is -0.119. The number of benzene rings is 1. The molecule has 2 aromatic rings. The van der Waals surface area contributed by atoms with E-state index in [1.54, 1.807) is 11.3 Å². The van der Waals surface area contributed by atoms with Crippen molar-refractivity contribution in [1.82, 2.24) is 9.88 Å². The number of nitrogens with two attached hydrogens (primary N) is 1. The number of likely N-dealkylation sites (tertiary alicyclic amines) is 1. The van der Waals surface area contributed by atoms with Gasteiger partial charge in [-0.2, -0.15) is 0 Å². The normalized spacial score (nSPS) is 24.1. The Morgan fingerprint density at radius 2 is 2.32 bits per heavy atom. The van der Waals surface area contributed by atoms with E-state index >= 15 is 0 Å². The van der Waals surface area contributed by atoms with Crippen LogP contribution < -0.4 is 5.73 Å². The van der Waals surface area contributed by atoms with Gasteiger partial charge in [-0.15, -0.1) is 11.3 Å². The summed E-state index contributed by atoms with van der Waals surface area (Å²) in [5, 5.41) is 1.05. The number of hydrogen-bond donors (Lipinski definition) is 1. The Hall–Kier alpha value is -1.46. The molecule has 2 heterocycles. The van der Waals surface area contributed by atoms with Crippen molar-refractivity contribution in [3.8, 4) is 0 Å². The first-order valence-corrected chi connectivity index (χ1v) is 7.24. The molecule has 1 aromatic carbocycles. The lowest BCUT2D eigenvalue weighted by atomic mass is 9.84. The molecule has 5 heteroatoms. The van der Waals surface area contributed by atoms with Crippen LogP contribution >= 0.6 is 11.3 Å². The maximum Gasteiger partial charge on any atom is 0.218 e. The van der Waals surface area contributed by atoms with Gasteiger partial charge in [0.25, 0.3) is 0 Å². The maximum absolute atomic E-state index is 11.4. The number of thiazole rings is 1. The van der Waals surface area contributed by atoms with Gasteiger partial charge in [0.2, 0.25) is 5.91 Å². The molecule has 3 rings (SSSR count). The minimum atomic E-state index is -0.241. The first-order valence-electron chi connectivity index (χ1n) is 6.42. The van der Waals surface area contributed by atoms with Crippen LogP contribution in [0.2, 0.25) is 0 Å². The van der Waals surface area contributed by atoms with Crippen molar-refractivity contribution in [2.45, 2.75) is 18.3 Å². The third kappa shape index (κ3) is 2.24. The summed E-state index contributed by atoms with van der Waals surface area (Å²) in [6.07, 6.45) is 1.34.